The molecule has 0 saturated carbocycles. The van der Waals surface area contributed by atoms with Crippen molar-refractivity contribution in [1.29, 1.82) is 0 Å². The van der Waals surface area contributed by atoms with Gasteiger partial charge in [0.2, 0.25) is 15.9 Å². The number of anilines is 1. The molecule has 1 atom stereocenters. The molecule has 0 radical (unpaired) electrons. The number of rotatable bonds is 7. The quantitative estimate of drug-likeness (QED) is 0.772. The maximum Gasteiger partial charge on any atom is 0.321 e. The van der Waals surface area contributed by atoms with Gasteiger partial charge in [-0.1, -0.05) is 25.8 Å². The number of amides is 1. The first kappa shape index (κ1) is 18.4. The third-order valence-electron chi connectivity index (χ3n) is 4.08. The van der Waals surface area contributed by atoms with E-state index in [-0.39, 0.29) is 17.2 Å². The maximum atomic E-state index is 12.5. The van der Waals surface area contributed by atoms with Crippen molar-refractivity contribution in [2.45, 2.75) is 50.5 Å². The van der Waals surface area contributed by atoms with Gasteiger partial charge in [0.15, 0.2) is 0 Å². The number of hydrogen-bond acceptors (Lipinski definition) is 4. The van der Waals surface area contributed by atoms with Gasteiger partial charge in [0.25, 0.3) is 0 Å². The van der Waals surface area contributed by atoms with Crippen LogP contribution in [0.3, 0.4) is 0 Å². The predicted octanol–water partition coefficient (Wildman–Crippen LogP) is 1.52. The number of nitrogens with one attached hydrogen (secondary N) is 1. The normalized spacial score (nSPS) is 15.2. The summed E-state index contributed by atoms with van der Waals surface area (Å²) in [5, 5.41) is 9.20. The SMILES string of the molecule is CCCC[C@H](NS(=O)(=O)c1ccc2c(c1)N(C(C)=O)CC2)C(=O)O. The van der Waals surface area contributed by atoms with Gasteiger partial charge < -0.3 is 10.0 Å². The average Bonchev–Trinajstić information content (AvgIpc) is 2.94. The summed E-state index contributed by atoms with van der Waals surface area (Å²) in [5.41, 5.74) is 1.48. The molecule has 1 aliphatic heterocycles. The lowest BCUT2D eigenvalue weighted by Crippen LogP contribution is -2.40. The van der Waals surface area contributed by atoms with E-state index in [0.29, 0.717) is 25.1 Å². The largest absolute Gasteiger partial charge is 0.480 e. The smallest absolute Gasteiger partial charge is 0.321 e. The minimum absolute atomic E-state index is 0.0304. The second kappa shape index (κ2) is 7.31. The first-order valence-electron chi connectivity index (χ1n) is 7.92. The van der Waals surface area contributed by atoms with Crippen molar-refractivity contribution in [2.24, 2.45) is 0 Å². The summed E-state index contributed by atoms with van der Waals surface area (Å²) in [4.78, 5) is 24.4. The summed E-state index contributed by atoms with van der Waals surface area (Å²) in [6, 6.07) is 3.40. The Labute approximate surface area is 141 Å². The monoisotopic (exact) mass is 354 g/mol. The minimum atomic E-state index is -3.97. The highest BCUT2D eigenvalue weighted by Crippen LogP contribution is 2.30. The van der Waals surface area contributed by atoms with Crippen LogP contribution in [0, 0.1) is 0 Å². The molecule has 0 aliphatic carbocycles. The molecule has 24 heavy (non-hydrogen) atoms. The van der Waals surface area contributed by atoms with Crippen molar-refractivity contribution in [2.75, 3.05) is 11.4 Å². The van der Waals surface area contributed by atoms with Gasteiger partial charge >= 0.3 is 5.97 Å². The molecule has 2 N–H and O–H groups in total. The number of hydrogen-bond donors (Lipinski definition) is 2. The number of carboxylic acids is 1. The van der Waals surface area contributed by atoms with E-state index in [1.807, 2.05) is 6.92 Å². The fourth-order valence-electron chi connectivity index (χ4n) is 2.75. The van der Waals surface area contributed by atoms with E-state index in [2.05, 4.69) is 4.72 Å². The summed E-state index contributed by atoms with van der Waals surface area (Å²) < 4.78 is 27.3. The van der Waals surface area contributed by atoms with E-state index < -0.39 is 22.0 Å². The molecule has 0 fully saturated rings. The second-order valence-corrected chi connectivity index (χ2v) is 7.58. The van der Waals surface area contributed by atoms with Gasteiger partial charge in [-0.3, -0.25) is 9.59 Å². The minimum Gasteiger partial charge on any atom is -0.480 e. The zero-order chi connectivity index (χ0) is 17.9. The van der Waals surface area contributed by atoms with Crippen LogP contribution in [0.1, 0.15) is 38.7 Å². The van der Waals surface area contributed by atoms with Crippen molar-refractivity contribution < 1.29 is 23.1 Å². The zero-order valence-electron chi connectivity index (χ0n) is 13.8. The Morgan fingerprint density at radius 3 is 2.67 bits per heavy atom. The van der Waals surface area contributed by atoms with Gasteiger partial charge in [-0.05, 0) is 30.5 Å². The lowest BCUT2D eigenvalue weighted by molar-refractivity contribution is -0.139. The van der Waals surface area contributed by atoms with Crippen LogP contribution in [0.5, 0.6) is 0 Å². The predicted molar refractivity (Wildman–Crippen MR) is 89.4 cm³/mol. The Bertz CT molecular complexity index is 745. The lowest BCUT2D eigenvalue weighted by Gasteiger charge is -2.17. The second-order valence-electron chi connectivity index (χ2n) is 5.87. The van der Waals surface area contributed by atoms with Crippen LogP contribution in [0.2, 0.25) is 0 Å². The molecule has 7 nitrogen and oxygen atoms in total. The number of benzene rings is 1. The van der Waals surface area contributed by atoms with Gasteiger partial charge in [0, 0.05) is 19.2 Å². The van der Waals surface area contributed by atoms with Gasteiger partial charge in [-0.15, -0.1) is 0 Å². The Morgan fingerprint density at radius 2 is 2.08 bits per heavy atom. The van der Waals surface area contributed by atoms with Crippen LogP contribution in [-0.2, 0) is 26.0 Å². The first-order chi connectivity index (χ1) is 11.3. The van der Waals surface area contributed by atoms with Crippen LogP contribution in [0.15, 0.2) is 23.1 Å². The molecule has 2 rings (SSSR count). The van der Waals surface area contributed by atoms with Crippen LogP contribution in [-0.4, -0.2) is 38.0 Å². The van der Waals surface area contributed by atoms with Crippen molar-refractivity contribution in [3.05, 3.63) is 23.8 Å². The summed E-state index contributed by atoms with van der Waals surface area (Å²) in [7, 11) is -3.97. The highest BCUT2D eigenvalue weighted by molar-refractivity contribution is 7.89. The molecule has 1 amide bonds. The van der Waals surface area contributed by atoms with Crippen molar-refractivity contribution in [3.63, 3.8) is 0 Å². The van der Waals surface area contributed by atoms with E-state index in [0.717, 1.165) is 12.0 Å². The standard InChI is InChI=1S/C16H22N2O5S/c1-3-4-5-14(16(20)21)17-24(22,23)13-7-6-12-8-9-18(11(2)19)15(12)10-13/h6-7,10,14,17H,3-5,8-9H2,1-2H3,(H,20,21)/t14-/m0/s1. The van der Waals surface area contributed by atoms with Crippen LogP contribution >= 0.6 is 0 Å². The molecule has 0 aromatic heterocycles. The van der Waals surface area contributed by atoms with Gasteiger partial charge in [-0.2, -0.15) is 4.72 Å². The first-order valence-corrected chi connectivity index (χ1v) is 9.40. The molecular weight excluding hydrogens is 332 g/mol. The Hall–Kier alpha value is -1.93. The number of carboxylic acid groups (broad SMARTS) is 1. The highest BCUT2D eigenvalue weighted by atomic mass is 32.2. The molecule has 0 bridgehead atoms. The summed E-state index contributed by atoms with van der Waals surface area (Å²) in [6.07, 6.45) is 2.30. The summed E-state index contributed by atoms with van der Waals surface area (Å²) in [6.45, 7) is 3.86. The number of aliphatic carboxylic acids is 1. The summed E-state index contributed by atoms with van der Waals surface area (Å²) in [5.74, 6) is -1.35. The average molecular weight is 354 g/mol. The fourth-order valence-corrected chi connectivity index (χ4v) is 3.99. The van der Waals surface area contributed by atoms with E-state index in [1.165, 1.54) is 24.0 Å². The number of carbonyl (C=O) groups excluding carboxylic acids is 1. The third kappa shape index (κ3) is 3.93. The molecule has 1 aromatic rings. The molecule has 1 heterocycles. The number of carbonyl (C=O) groups is 2. The molecule has 1 aromatic carbocycles. The Balaban J connectivity index is 2.28. The maximum absolute atomic E-state index is 12.5. The molecule has 0 saturated heterocycles. The van der Waals surface area contributed by atoms with E-state index in [9.17, 15) is 23.1 Å². The van der Waals surface area contributed by atoms with Crippen LogP contribution in [0.25, 0.3) is 0 Å². The van der Waals surface area contributed by atoms with Crippen molar-refractivity contribution in [3.8, 4) is 0 Å². The van der Waals surface area contributed by atoms with Crippen LogP contribution in [0.4, 0.5) is 5.69 Å². The van der Waals surface area contributed by atoms with Gasteiger partial charge in [0.05, 0.1) is 4.90 Å². The van der Waals surface area contributed by atoms with Gasteiger partial charge in [0.1, 0.15) is 6.04 Å². The molecular formula is C16H22N2O5S. The third-order valence-corrected chi connectivity index (χ3v) is 5.55. The molecule has 1 aliphatic rings. The van der Waals surface area contributed by atoms with Crippen LogP contribution < -0.4 is 9.62 Å². The highest BCUT2D eigenvalue weighted by Gasteiger charge is 2.28. The molecule has 0 unspecified atom stereocenters. The van der Waals surface area contributed by atoms with E-state index in [4.69, 9.17) is 0 Å². The summed E-state index contributed by atoms with van der Waals surface area (Å²) >= 11 is 0. The lowest BCUT2D eigenvalue weighted by atomic mass is 10.1. The van der Waals surface area contributed by atoms with Crippen molar-refractivity contribution >= 4 is 27.6 Å². The number of sulfonamides is 1. The van der Waals surface area contributed by atoms with E-state index in [1.54, 1.807) is 6.07 Å². The number of nitrogens with zero attached hydrogens (tertiary/aromatic N) is 1. The van der Waals surface area contributed by atoms with Crippen molar-refractivity contribution in [1.82, 2.24) is 4.72 Å². The molecule has 0 spiro atoms. The Morgan fingerprint density at radius 1 is 1.38 bits per heavy atom. The molecule has 132 valence electrons. The number of unbranched alkanes of at least 4 members (excludes halogenated alkanes) is 1. The zero-order valence-corrected chi connectivity index (χ0v) is 14.6. The Kier molecular flexibility index (Phi) is 5.61. The number of fused-ring (bicyclic) bond motifs is 1. The van der Waals surface area contributed by atoms with E-state index >= 15 is 0 Å². The van der Waals surface area contributed by atoms with Gasteiger partial charge in [-0.25, -0.2) is 8.42 Å². The topological polar surface area (TPSA) is 104 Å². The molecule has 8 heteroatoms. The fraction of sp³-hybridized carbons (Fsp3) is 0.500.